The van der Waals surface area contributed by atoms with Crippen LogP contribution in [-0.2, 0) is 11.4 Å². The molecule has 0 unspecified atom stereocenters. The van der Waals surface area contributed by atoms with Gasteiger partial charge in [0, 0.05) is 0 Å². The highest BCUT2D eigenvalue weighted by Crippen LogP contribution is 2.24. The second-order valence-electron chi connectivity index (χ2n) is 3.57. The summed E-state index contributed by atoms with van der Waals surface area (Å²) in [5, 5.41) is 9.01. The highest BCUT2D eigenvalue weighted by molar-refractivity contribution is 5.76. The molecule has 5 nitrogen and oxygen atoms in total. The number of nitrogens with two attached hydrogens (primary N) is 1. The van der Waals surface area contributed by atoms with Crippen molar-refractivity contribution in [2.75, 3.05) is 6.61 Å². The number of carbonyl (C=O) groups is 1. The molecule has 4 N–H and O–H groups in total. The Morgan fingerprint density at radius 3 is 2.44 bits per heavy atom. The number of hydrogen-bond donors (Lipinski definition) is 3. The standard InChI is InChI=1S/C11H16N2O3/c1-7-3-9(5-14)4-8(2)11(7)16-6-10(15)13-12/h3-4,14H,5-6,12H2,1-2H3,(H,13,15). The summed E-state index contributed by atoms with van der Waals surface area (Å²) >= 11 is 0. The summed E-state index contributed by atoms with van der Waals surface area (Å²) in [6.45, 7) is 3.60. The van der Waals surface area contributed by atoms with Crippen molar-refractivity contribution in [2.45, 2.75) is 20.5 Å². The second-order valence-corrected chi connectivity index (χ2v) is 3.57. The molecule has 1 rings (SSSR count). The Labute approximate surface area is 94.2 Å². The number of aryl methyl sites for hydroxylation is 2. The van der Waals surface area contributed by atoms with Gasteiger partial charge in [-0.25, -0.2) is 5.84 Å². The van der Waals surface area contributed by atoms with Crippen molar-refractivity contribution in [3.8, 4) is 5.75 Å². The van der Waals surface area contributed by atoms with Crippen molar-refractivity contribution in [1.29, 1.82) is 0 Å². The van der Waals surface area contributed by atoms with Crippen LogP contribution in [0.1, 0.15) is 16.7 Å². The zero-order valence-electron chi connectivity index (χ0n) is 9.41. The van der Waals surface area contributed by atoms with Crippen LogP contribution in [0.2, 0.25) is 0 Å². The average molecular weight is 224 g/mol. The second kappa shape index (κ2) is 5.48. The quantitative estimate of drug-likeness (QED) is 0.386. The highest BCUT2D eigenvalue weighted by atomic mass is 16.5. The average Bonchev–Trinajstić information content (AvgIpc) is 2.27. The largest absolute Gasteiger partial charge is 0.483 e. The number of rotatable bonds is 4. The SMILES string of the molecule is Cc1cc(CO)cc(C)c1OCC(=O)NN. The molecule has 0 heterocycles. The molecule has 0 aliphatic heterocycles. The lowest BCUT2D eigenvalue weighted by Crippen LogP contribution is -2.34. The van der Waals surface area contributed by atoms with Gasteiger partial charge in [0.05, 0.1) is 6.61 Å². The first-order valence-corrected chi connectivity index (χ1v) is 4.91. The minimum absolute atomic E-state index is 0.00868. The van der Waals surface area contributed by atoms with Crippen molar-refractivity contribution in [2.24, 2.45) is 5.84 Å². The maximum absolute atomic E-state index is 10.9. The summed E-state index contributed by atoms with van der Waals surface area (Å²) < 4.78 is 5.35. The maximum Gasteiger partial charge on any atom is 0.271 e. The molecule has 0 bridgehead atoms. The van der Waals surface area contributed by atoms with Crippen molar-refractivity contribution in [3.05, 3.63) is 28.8 Å². The third kappa shape index (κ3) is 2.95. The summed E-state index contributed by atoms with van der Waals surface area (Å²) in [5.41, 5.74) is 4.58. The van der Waals surface area contributed by atoms with E-state index in [1.54, 1.807) is 0 Å². The normalized spacial score (nSPS) is 10.0. The number of aliphatic hydroxyl groups is 1. The fraction of sp³-hybridized carbons (Fsp3) is 0.364. The van der Waals surface area contributed by atoms with E-state index in [0.29, 0.717) is 5.75 Å². The van der Waals surface area contributed by atoms with Crippen LogP contribution >= 0.6 is 0 Å². The third-order valence-corrected chi connectivity index (χ3v) is 2.21. The highest BCUT2D eigenvalue weighted by Gasteiger charge is 2.08. The van der Waals surface area contributed by atoms with Gasteiger partial charge in [0.1, 0.15) is 5.75 Å². The first-order chi connectivity index (χ1) is 7.58. The number of aliphatic hydroxyl groups excluding tert-OH is 1. The molecule has 0 aromatic heterocycles. The zero-order valence-corrected chi connectivity index (χ0v) is 9.41. The smallest absolute Gasteiger partial charge is 0.271 e. The maximum atomic E-state index is 10.9. The summed E-state index contributed by atoms with van der Waals surface area (Å²) in [4.78, 5) is 10.9. The van der Waals surface area contributed by atoms with E-state index in [-0.39, 0.29) is 19.1 Å². The Kier molecular flexibility index (Phi) is 4.28. The lowest BCUT2D eigenvalue weighted by molar-refractivity contribution is -0.123. The predicted octanol–water partition coefficient (Wildman–Crippen LogP) is 0.164. The van der Waals surface area contributed by atoms with Crippen molar-refractivity contribution < 1.29 is 14.6 Å². The minimum atomic E-state index is -0.384. The molecule has 1 aromatic rings. The van der Waals surface area contributed by atoms with Gasteiger partial charge in [-0.3, -0.25) is 10.2 Å². The zero-order chi connectivity index (χ0) is 12.1. The van der Waals surface area contributed by atoms with Gasteiger partial charge >= 0.3 is 0 Å². The molecule has 5 heteroatoms. The minimum Gasteiger partial charge on any atom is -0.483 e. The van der Waals surface area contributed by atoms with Crippen LogP contribution in [0.3, 0.4) is 0 Å². The van der Waals surface area contributed by atoms with Crippen LogP contribution in [0, 0.1) is 13.8 Å². The van der Waals surface area contributed by atoms with Gasteiger partial charge in [-0.15, -0.1) is 0 Å². The van der Waals surface area contributed by atoms with Gasteiger partial charge in [0.25, 0.3) is 5.91 Å². The molecule has 0 saturated carbocycles. The van der Waals surface area contributed by atoms with Crippen LogP contribution in [0.15, 0.2) is 12.1 Å². The van der Waals surface area contributed by atoms with Gasteiger partial charge in [0.2, 0.25) is 0 Å². The van der Waals surface area contributed by atoms with E-state index in [9.17, 15) is 4.79 Å². The van der Waals surface area contributed by atoms with Gasteiger partial charge < -0.3 is 9.84 Å². The number of ether oxygens (including phenoxy) is 1. The number of carbonyl (C=O) groups excluding carboxylic acids is 1. The Morgan fingerprint density at radius 1 is 1.44 bits per heavy atom. The lowest BCUT2D eigenvalue weighted by atomic mass is 10.1. The summed E-state index contributed by atoms with van der Waals surface area (Å²) in [7, 11) is 0. The molecule has 88 valence electrons. The van der Waals surface area contributed by atoms with Crippen molar-refractivity contribution in [1.82, 2.24) is 5.43 Å². The molecular weight excluding hydrogens is 208 g/mol. The Morgan fingerprint density at radius 2 is 2.00 bits per heavy atom. The molecule has 0 fully saturated rings. The van der Waals surface area contributed by atoms with Crippen LogP contribution in [0.5, 0.6) is 5.75 Å². The number of hydrazine groups is 1. The summed E-state index contributed by atoms with van der Waals surface area (Å²) in [6, 6.07) is 3.64. The van der Waals surface area contributed by atoms with E-state index in [2.05, 4.69) is 0 Å². The first-order valence-electron chi connectivity index (χ1n) is 4.91. The number of benzene rings is 1. The molecule has 0 atom stereocenters. The molecule has 0 aliphatic carbocycles. The Bertz CT molecular complexity index is 368. The van der Waals surface area contributed by atoms with E-state index < -0.39 is 0 Å². The summed E-state index contributed by atoms with van der Waals surface area (Å²) in [5.74, 6) is 5.21. The van der Waals surface area contributed by atoms with Crippen molar-refractivity contribution >= 4 is 5.91 Å². The van der Waals surface area contributed by atoms with Crippen LogP contribution in [0.4, 0.5) is 0 Å². The monoisotopic (exact) mass is 224 g/mol. The van der Waals surface area contributed by atoms with Gasteiger partial charge in [-0.1, -0.05) is 12.1 Å². The van der Waals surface area contributed by atoms with Crippen LogP contribution < -0.4 is 16.0 Å². The van der Waals surface area contributed by atoms with E-state index in [1.165, 1.54) is 0 Å². The number of amides is 1. The van der Waals surface area contributed by atoms with Gasteiger partial charge in [-0.2, -0.15) is 0 Å². The van der Waals surface area contributed by atoms with Crippen LogP contribution in [0.25, 0.3) is 0 Å². The fourth-order valence-electron chi connectivity index (χ4n) is 1.54. The molecule has 1 amide bonds. The first kappa shape index (κ1) is 12.5. The number of hydrogen-bond acceptors (Lipinski definition) is 4. The summed E-state index contributed by atoms with van der Waals surface area (Å²) in [6.07, 6.45) is 0. The van der Waals surface area contributed by atoms with E-state index >= 15 is 0 Å². The molecule has 0 aliphatic rings. The van der Waals surface area contributed by atoms with E-state index in [0.717, 1.165) is 16.7 Å². The fourth-order valence-corrected chi connectivity index (χ4v) is 1.54. The molecule has 1 aromatic carbocycles. The molecule has 16 heavy (non-hydrogen) atoms. The Balaban J connectivity index is 2.84. The molecular formula is C11H16N2O3. The molecule has 0 saturated heterocycles. The topological polar surface area (TPSA) is 84.6 Å². The Hall–Kier alpha value is -1.59. The van der Waals surface area contributed by atoms with E-state index in [4.69, 9.17) is 15.7 Å². The molecule has 0 spiro atoms. The molecule has 0 radical (unpaired) electrons. The lowest BCUT2D eigenvalue weighted by Gasteiger charge is -2.12. The van der Waals surface area contributed by atoms with Gasteiger partial charge in [-0.05, 0) is 30.5 Å². The number of nitrogens with one attached hydrogen (secondary N) is 1. The van der Waals surface area contributed by atoms with Crippen molar-refractivity contribution in [3.63, 3.8) is 0 Å². The third-order valence-electron chi connectivity index (χ3n) is 2.21. The van der Waals surface area contributed by atoms with Gasteiger partial charge in [0.15, 0.2) is 6.61 Å². The predicted molar refractivity (Wildman–Crippen MR) is 59.7 cm³/mol. The van der Waals surface area contributed by atoms with E-state index in [1.807, 2.05) is 31.4 Å². The van der Waals surface area contributed by atoms with Crippen LogP contribution in [-0.4, -0.2) is 17.6 Å².